The van der Waals surface area contributed by atoms with Gasteiger partial charge in [-0.3, -0.25) is 9.78 Å². The van der Waals surface area contributed by atoms with Crippen molar-refractivity contribution in [3.8, 4) is 0 Å². The molecule has 0 unspecified atom stereocenters. The Morgan fingerprint density at radius 1 is 1.22 bits per heavy atom. The molecule has 0 fully saturated rings. The van der Waals surface area contributed by atoms with E-state index < -0.39 is 17.5 Å². The maximum absolute atomic E-state index is 13.4. The summed E-state index contributed by atoms with van der Waals surface area (Å²) in [5.74, 6) is -2.27. The number of nitrogens with zero attached hydrogens (tertiary/aromatic N) is 1. The average molecular weight is 249 g/mol. The Balaban J connectivity index is 2.28. The van der Waals surface area contributed by atoms with Gasteiger partial charge in [-0.15, -0.1) is 0 Å². The summed E-state index contributed by atoms with van der Waals surface area (Å²) in [5, 5.41) is 2.29. The molecule has 0 bridgehead atoms. The van der Waals surface area contributed by atoms with Gasteiger partial charge in [-0.2, -0.15) is 0 Å². The number of anilines is 2. The zero-order valence-corrected chi connectivity index (χ0v) is 9.15. The molecule has 2 rings (SSSR count). The summed E-state index contributed by atoms with van der Waals surface area (Å²) in [5.41, 5.74) is 5.33. The van der Waals surface area contributed by atoms with E-state index in [1.54, 1.807) is 0 Å². The highest BCUT2D eigenvalue weighted by atomic mass is 19.1. The van der Waals surface area contributed by atoms with Crippen LogP contribution in [0.1, 0.15) is 10.4 Å². The molecule has 0 aliphatic rings. The summed E-state index contributed by atoms with van der Waals surface area (Å²) in [6, 6.07) is 4.52. The number of carbonyl (C=O) groups excluding carboxylic acids is 1. The third-order valence-electron chi connectivity index (χ3n) is 2.27. The maximum Gasteiger partial charge on any atom is 0.255 e. The van der Waals surface area contributed by atoms with Gasteiger partial charge in [0.2, 0.25) is 0 Å². The van der Waals surface area contributed by atoms with E-state index in [1.807, 2.05) is 0 Å². The SMILES string of the molecule is Nc1cc(F)cc(F)c1NC(=O)c1ccncc1. The zero-order valence-electron chi connectivity index (χ0n) is 9.15. The first kappa shape index (κ1) is 12.0. The third kappa shape index (κ3) is 2.42. The lowest BCUT2D eigenvalue weighted by molar-refractivity contribution is 0.102. The van der Waals surface area contributed by atoms with Crippen molar-refractivity contribution in [3.05, 3.63) is 53.9 Å². The fraction of sp³-hybridized carbons (Fsp3) is 0. The van der Waals surface area contributed by atoms with Gasteiger partial charge in [0.15, 0.2) is 5.82 Å². The number of pyridine rings is 1. The highest BCUT2D eigenvalue weighted by Crippen LogP contribution is 2.24. The summed E-state index contributed by atoms with van der Waals surface area (Å²) >= 11 is 0. The van der Waals surface area contributed by atoms with Crippen molar-refractivity contribution in [3.63, 3.8) is 0 Å². The highest BCUT2D eigenvalue weighted by molar-refractivity contribution is 6.05. The number of aromatic nitrogens is 1. The first-order chi connectivity index (χ1) is 8.58. The van der Waals surface area contributed by atoms with Crippen LogP contribution in [0.15, 0.2) is 36.7 Å². The molecule has 4 nitrogen and oxygen atoms in total. The third-order valence-corrected chi connectivity index (χ3v) is 2.27. The molecule has 6 heteroatoms. The Kier molecular flexibility index (Phi) is 3.18. The number of nitrogen functional groups attached to an aromatic ring is 1. The largest absolute Gasteiger partial charge is 0.397 e. The van der Waals surface area contributed by atoms with Crippen molar-refractivity contribution in [1.29, 1.82) is 0 Å². The van der Waals surface area contributed by atoms with Crippen LogP contribution in [-0.4, -0.2) is 10.9 Å². The van der Waals surface area contributed by atoms with E-state index in [-0.39, 0.29) is 11.4 Å². The van der Waals surface area contributed by atoms with Crippen molar-refractivity contribution in [2.45, 2.75) is 0 Å². The lowest BCUT2D eigenvalue weighted by Crippen LogP contribution is -2.14. The van der Waals surface area contributed by atoms with E-state index in [9.17, 15) is 13.6 Å². The van der Waals surface area contributed by atoms with E-state index in [4.69, 9.17) is 5.73 Å². The van der Waals surface area contributed by atoms with Crippen LogP contribution in [0.25, 0.3) is 0 Å². The van der Waals surface area contributed by atoms with Crippen molar-refractivity contribution in [2.75, 3.05) is 11.1 Å². The van der Waals surface area contributed by atoms with Crippen LogP contribution in [0.2, 0.25) is 0 Å². The number of rotatable bonds is 2. The molecular weight excluding hydrogens is 240 g/mol. The Hall–Kier alpha value is -2.50. The molecule has 0 saturated carbocycles. The van der Waals surface area contributed by atoms with Gasteiger partial charge in [0.1, 0.15) is 11.5 Å². The number of benzene rings is 1. The molecule has 3 N–H and O–H groups in total. The van der Waals surface area contributed by atoms with E-state index in [0.717, 1.165) is 6.07 Å². The number of carbonyl (C=O) groups is 1. The minimum atomic E-state index is -0.921. The van der Waals surface area contributed by atoms with Crippen LogP contribution in [-0.2, 0) is 0 Å². The molecule has 0 atom stereocenters. The number of hydrogen-bond acceptors (Lipinski definition) is 3. The second-order valence-electron chi connectivity index (χ2n) is 3.54. The molecule has 2 aromatic rings. The predicted octanol–water partition coefficient (Wildman–Crippen LogP) is 2.19. The summed E-state index contributed by atoms with van der Waals surface area (Å²) in [4.78, 5) is 15.5. The zero-order chi connectivity index (χ0) is 13.1. The Morgan fingerprint density at radius 2 is 1.89 bits per heavy atom. The number of hydrogen-bond donors (Lipinski definition) is 2. The van der Waals surface area contributed by atoms with E-state index in [0.29, 0.717) is 11.6 Å². The second kappa shape index (κ2) is 4.79. The van der Waals surface area contributed by atoms with Gasteiger partial charge >= 0.3 is 0 Å². The first-order valence-electron chi connectivity index (χ1n) is 5.04. The molecule has 0 aliphatic heterocycles. The maximum atomic E-state index is 13.4. The smallest absolute Gasteiger partial charge is 0.255 e. The molecule has 0 aliphatic carbocycles. The minimum Gasteiger partial charge on any atom is -0.397 e. The van der Waals surface area contributed by atoms with Crippen LogP contribution in [0.4, 0.5) is 20.2 Å². The summed E-state index contributed by atoms with van der Waals surface area (Å²) in [6.07, 6.45) is 2.86. The molecular formula is C12H9F2N3O. The normalized spacial score (nSPS) is 10.1. The predicted molar refractivity (Wildman–Crippen MR) is 63.0 cm³/mol. The van der Waals surface area contributed by atoms with Crippen LogP contribution < -0.4 is 11.1 Å². The fourth-order valence-electron chi connectivity index (χ4n) is 1.41. The van der Waals surface area contributed by atoms with Crippen LogP contribution in [0, 0.1) is 11.6 Å². The van der Waals surface area contributed by atoms with Crippen molar-refractivity contribution >= 4 is 17.3 Å². The van der Waals surface area contributed by atoms with Gasteiger partial charge in [0.05, 0.1) is 5.69 Å². The highest BCUT2D eigenvalue weighted by Gasteiger charge is 2.13. The first-order valence-corrected chi connectivity index (χ1v) is 5.04. The molecule has 1 heterocycles. The van der Waals surface area contributed by atoms with Crippen LogP contribution in [0.5, 0.6) is 0 Å². The number of nitrogens with two attached hydrogens (primary N) is 1. The molecule has 1 aromatic carbocycles. The molecule has 0 spiro atoms. The lowest BCUT2D eigenvalue weighted by atomic mass is 10.2. The molecule has 1 amide bonds. The lowest BCUT2D eigenvalue weighted by Gasteiger charge is -2.09. The van der Waals surface area contributed by atoms with Gasteiger partial charge in [0, 0.05) is 24.0 Å². The molecule has 18 heavy (non-hydrogen) atoms. The number of halogens is 2. The summed E-state index contributed by atoms with van der Waals surface area (Å²) in [7, 11) is 0. The van der Waals surface area contributed by atoms with Gasteiger partial charge in [-0.05, 0) is 18.2 Å². The molecule has 0 radical (unpaired) electrons. The monoisotopic (exact) mass is 249 g/mol. The Morgan fingerprint density at radius 3 is 2.50 bits per heavy atom. The van der Waals surface area contributed by atoms with Gasteiger partial charge in [-0.1, -0.05) is 0 Å². The second-order valence-corrected chi connectivity index (χ2v) is 3.54. The van der Waals surface area contributed by atoms with Crippen molar-refractivity contribution in [1.82, 2.24) is 4.98 Å². The molecule has 0 saturated heterocycles. The fourth-order valence-corrected chi connectivity index (χ4v) is 1.41. The average Bonchev–Trinajstić information content (AvgIpc) is 2.34. The van der Waals surface area contributed by atoms with Gasteiger partial charge in [0.25, 0.3) is 5.91 Å². The van der Waals surface area contributed by atoms with E-state index >= 15 is 0 Å². The minimum absolute atomic E-state index is 0.171. The van der Waals surface area contributed by atoms with Crippen molar-refractivity contribution < 1.29 is 13.6 Å². The Labute approximate surface area is 101 Å². The standard InChI is InChI=1S/C12H9F2N3O/c13-8-5-9(14)11(10(15)6-8)17-12(18)7-1-3-16-4-2-7/h1-6H,15H2,(H,17,18). The van der Waals surface area contributed by atoms with E-state index in [1.165, 1.54) is 24.5 Å². The topological polar surface area (TPSA) is 68.0 Å². The van der Waals surface area contributed by atoms with Crippen molar-refractivity contribution in [2.24, 2.45) is 0 Å². The summed E-state index contributed by atoms with van der Waals surface area (Å²) in [6.45, 7) is 0. The molecule has 92 valence electrons. The number of amides is 1. The quantitative estimate of drug-likeness (QED) is 0.801. The molecule has 1 aromatic heterocycles. The van der Waals surface area contributed by atoms with Crippen LogP contribution in [0.3, 0.4) is 0 Å². The van der Waals surface area contributed by atoms with E-state index in [2.05, 4.69) is 10.3 Å². The van der Waals surface area contributed by atoms with Gasteiger partial charge < -0.3 is 11.1 Å². The number of nitrogens with one attached hydrogen (secondary N) is 1. The Bertz CT molecular complexity index is 564. The van der Waals surface area contributed by atoms with Crippen LogP contribution >= 0.6 is 0 Å². The van der Waals surface area contributed by atoms with Gasteiger partial charge in [-0.25, -0.2) is 8.78 Å². The summed E-state index contributed by atoms with van der Waals surface area (Å²) < 4.78 is 26.3.